The number of hydrogen-bond acceptors (Lipinski definition) is 4. The number of ether oxygens (including phenoxy) is 2. The minimum atomic E-state index is -0.772. The molecule has 1 heterocycles. The Morgan fingerprint density at radius 1 is 1.39 bits per heavy atom. The Kier molecular flexibility index (Phi) is 3.59. The summed E-state index contributed by atoms with van der Waals surface area (Å²) in [6.45, 7) is 3.99. The Labute approximate surface area is 111 Å². The summed E-state index contributed by atoms with van der Waals surface area (Å²) < 4.78 is 9.99. The Morgan fingerprint density at radius 2 is 2.11 bits per heavy atom. The van der Waals surface area contributed by atoms with Crippen molar-refractivity contribution in [3.63, 3.8) is 0 Å². The monoisotopic (exact) mass is 267 g/mol. The molecule has 1 aliphatic rings. The second-order valence-electron chi connectivity index (χ2n) is 4.14. The summed E-state index contributed by atoms with van der Waals surface area (Å²) in [4.78, 5) is 11.4. The third kappa shape index (κ3) is 2.35. The van der Waals surface area contributed by atoms with Crippen LogP contribution in [0.15, 0.2) is 28.9 Å². The standard InChI is InChI=1S/C13H14ClNO3/c1-7-4-5-9(8(2)6-7)15-11-10(14)12(16)18-13(11)17-3/h4-6,13,15H,1-3H3/t13-/m1/s1. The average Bonchev–Trinajstić information content (AvgIpc) is 2.60. The second-order valence-corrected chi connectivity index (χ2v) is 4.52. The van der Waals surface area contributed by atoms with Crippen molar-refractivity contribution in [1.29, 1.82) is 0 Å². The van der Waals surface area contributed by atoms with E-state index < -0.39 is 12.3 Å². The van der Waals surface area contributed by atoms with Crippen molar-refractivity contribution in [1.82, 2.24) is 0 Å². The van der Waals surface area contributed by atoms with E-state index in [-0.39, 0.29) is 5.03 Å². The van der Waals surface area contributed by atoms with Gasteiger partial charge in [0, 0.05) is 12.8 Å². The lowest BCUT2D eigenvalue weighted by atomic mass is 10.1. The molecule has 0 aliphatic carbocycles. The number of methoxy groups -OCH3 is 1. The number of aryl methyl sites for hydroxylation is 2. The van der Waals surface area contributed by atoms with Crippen LogP contribution in [0.5, 0.6) is 0 Å². The lowest BCUT2D eigenvalue weighted by Crippen LogP contribution is -2.18. The molecule has 1 aromatic carbocycles. The summed E-state index contributed by atoms with van der Waals surface area (Å²) in [5.74, 6) is -0.573. The number of esters is 1. The van der Waals surface area contributed by atoms with Gasteiger partial charge in [-0.05, 0) is 25.5 Å². The number of anilines is 1. The first-order valence-electron chi connectivity index (χ1n) is 5.50. The molecule has 0 spiro atoms. The molecule has 4 nitrogen and oxygen atoms in total. The van der Waals surface area contributed by atoms with Crippen molar-refractivity contribution in [2.45, 2.75) is 20.1 Å². The Hall–Kier alpha value is -1.52. The van der Waals surface area contributed by atoms with Gasteiger partial charge in [0.15, 0.2) is 5.03 Å². The third-order valence-corrected chi connectivity index (χ3v) is 3.09. The van der Waals surface area contributed by atoms with Gasteiger partial charge in [0.2, 0.25) is 6.29 Å². The molecule has 0 saturated heterocycles. The van der Waals surface area contributed by atoms with E-state index in [2.05, 4.69) is 5.32 Å². The van der Waals surface area contributed by atoms with E-state index in [4.69, 9.17) is 21.1 Å². The largest absolute Gasteiger partial charge is 0.425 e. The Morgan fingerprint density at radius 3 is 2.72 bits per heavy atom. The Bertz CT molecular complexity index is 525. The maximum absolute atomic E-state index is 11.4. The first-order chi connectivity index (χ1) is 8.52. The minimum Gasteiger partial charge on any atom is -0.425 e. The van der Waals surface area contributed by atoms with Gasteiger partial charge in [-0.3, -0.25) is 0 Å². The molecule has 0 amide bonds. The van der Waals surface area contributed by atoms with Crippen LogP contribution < -0.4 is 5.32 Å². The molecule has 0 fully saturated rings. The summed E-state index contributed by atoms with van der Waals surface area (Å²) in [5, 5.41) is 3.12. The van der Waals surface area contributed by atoms with Crippen LogP contribution in [-0.2, 0) is 14.3 Å². The number of cyclic esters (lactones) is 1. The Balaban J connectivity index is 2.30. The molecule has 96 valence electrons. The molecule has 1 aromatic rings. The van der Waals surface area contributed by atoms with Gasteiger partial charge in [0.25, 0.3) is 0 Å². The lowest BCUT2D eigenvalue weighted by molar-refractivity contribution is -0.155. The average molecular weight is 268 g/mol. The highest BCUT2D eigenvalue weighted by Gasteiger charge is 2.33. The molecule has 0 bridgehead atoms. The zero-order valence-electron chi connectivity index (χ0n) is 10.4. The van der Waals surface area contributed by atoms with Crippen molar-refractivity contribution in [2.75, 3.05) is 12.4 Å². The molecule has 1 atom stereocenters. The van der Waals surface area contributed by atoms with Gasteiger partial charge in [-0.25, -0.2) is 4.79 Å². The fraction of sp³-hybridized carbons (Fsp3) is 0.308. The van der Waals surface area contributed by atoms with Gasteiger partial charge in [0.05, 0.1) is 0 Å². The molecule has 18 heavy (non-hydrogen) atoms. The van der Waals surface area contributed by atoms with Crippen LogP contribution in [0.2, 0.25) is 0 Å². The first kappa shape index (κ1) is 12.9. The fourth-order valence-corrected chi connectivity index (χ4v) is 1.98. The van der Waals surface area contributed by atoms with Gasteiger partial charge in [-0.1, -0.05) is 29.3 Å². The third-order valence-electron chi connectivity index (χ3n) is 2.73. The molecule has 0 aromatic heterocycles. The lowest BCUT2D eigenvalue weighted by Gasteiger charge is -2.15. The zero-order valence-corrected chi connectivity index (χ0v) is 11.2. The molecular weight excluding hydrogens is 254 g/mol. The van der Waals surface area contributed by atoms with Crippen molar-refractivity contribution < 1.29 is 14.3 Å². The summed E-state index contributed by atoms with van der Waals surface area (Å²) >= 11 is 5.90. The van der Waals surface area contributed by atoms with Gasteiger partial charge in [0.1, 0.15) is 5.70 Å². The summed E-state index contributed by atoms with van der Waals surface area (Å²) in [5.41, 5.74) is 3.53. The molecule has 0 radical (unpaired) electrons. The van der Waals surface area contributed by atoms with E-state index >= 15 is 0 Å². The number of nitrogens with one attached hydrogen (secondary N) is 1. The predicted octanol–water partition coefficient (Wildman–Crippen LogP) is 2.70. The zero-order chi connectivity index (χ0) is 13.3. The van der Waals surface area contributed by atoms with E-state index in [0.717, 1.165) is 11.3 Å². The molecule has 2 rings (SSSR count). The highest BCUT2D eigenvalue weighted by molar-refractivity contribution is 6.42. The predicted molar refractivity (Wildman–Crippen MR) is 69.3 cm³/mol. The first-order valence-corrected chi connectivity index (χ1v) is 5.88. The van der Waals surface area contributed by atoms with Crippen molar-refractivity contribution in [3.05, 3.63) is 40.1 Å². The van der Waals surface area contributed by atoms with Gasteiger partial charge in [-0.2, -0.15) is 0 Å². The highest BCUT2D eigenvalue weighted by atomic mass is 35.5. The summed E-state index contributed by atoms with van der Waals surface area (Å²) in [6.07, 6.45) is -0.772. The molecule has 5 heteroatoms. The van der Waals surface area contributed by atoms with Gasteiger partial charge >= 0.3 is 5.97 Å². The summed E-state index contributed by atoms with van der Waals surface area (Å²) in [6, 6.07) is 5.94. The van der Waals surface area contributed by atoms with Crippen LogP contribution in [0.1, 0.15) is 11.1 Å². The smallest absolute Gasteiger partial charge is 0.354 e. The highest BCUT2D eigenvalue weighted by Crippen LogP contribution is 2.28. The van der Waals surface area contributed by atoms with E-state index in [0.29, 0.717) is 5.70 Å². The number of benzene rings is 1. The van der Waals surface area contributed by atoms with Crippen LogP contribution >= 0.6 is 11.6 Å². The van der Waals surface area contributed by atoms with Crippen LogP contribution in [-0.4, -0.2) is 19.4 Å². The van der Waals surface area contributed by atoms with E-state index in [9.17, 15) is 4.79 Å². The SMILES string of the molecule is CO[C@@H]1OC(=O)C(Cl)=C1Nc1ccc(C)cc1C. The topological polar surface area (TPSA) is 47.6 Å². The van der Waals surface area contributed by atoms with Crippen molar-refractivity contribution in [3.8, 4) is 0 Å². The van der Waals surface area contributed by atoms with Gasteiger partial charge in [-0.15, -0.1) is 0 Å². The molecule has 1 aliphatic heterocycles. The number of hydrogen-bond donors (Lipinski definition) is 1. The van der Waals surface area contributed by atoms with E-state index in [1.165, 1.54) is 12.7 Å². The molecular formula is C13H14ClNO3. The van der Waals surface area contributed by atoms with Crippen LogP contribution in [0.25, 0.3) is 0 Å². The molecule has 1 N–H and O–H groups in total. The molecule has 0 unspecified atom stereocenters. The quantitative estimate of drug-likeness (QED) is 0.856. The number of halogens is 1. The maximum Gasteiger partial charge on any atom is 0.354 e. The number of carbonyl (C=O) groups excluding carboxylic acids is 1. The minimum absolute atomic E-state index is 0.0295. The van der Waals surface area contributed by atoms with Crippen molar-refractivity contribution in [2.24, 2.45) is 0 Å². The molecule has 0 saturated carbocycles. The van der Waals surface area contributed by atoms with Crippen LogP contribution in [0, 0.1) is 13.8 Å². The summed E-state index contributed by atoms with van der Waals surface area (Å²) in [7, 11) is 1.46. The van der Waals surface area contributed by atoms with E-state index in [1.807, 2.05) is 32.0 Å². The fourth-order valence-electron chi connectivity index (χ4n) is 1.80. The van der Waals surface area contributed by atoms with Crippen molar-refractivity contribution >= 4 is 23.3 Å². The number of carbonyl (C=O) groups is 1. The van der Waals surface area contributed by atoms with Crippen LogP contribution in [0.4, 0.5) is 5.69 Å². The number of rotatable bonds is 3. The normalized spacial score (nSPS) is 19.1. The van der Waals surface area contributed by atoms with Crippen LogP contribution in [0.3, 0.4) is 0 Å². The van der Waals surface area contributed by atoms with Gasteiger partial charge < -0.3 is 14.8 Å². The van der Waals surface area contributed by atoms with E-state index in [1.54, 1.807) is 0 Å². The second kappa shape index (κ2) is 5.00. The maximum atomic E-state index is 11.4.